The third-order valence-electron chi connectivity index (χ3n) is 4.42. The van der Waals surface area contributed by atoms with Crippen LogP contribution in [0.4, 0.5) is 5.69 Å². The lowest BCUT2D eigenvalue weighted by Crippen LogP contribution is -2.30. The maximum atomic E-state index is 12.3. The van der Waals surface area contributed by atoms with Crippen LogP contribution in [0.15, 0.2) is 42.5 Å². The maximum absolute atomic E-state index is 12.3. The highest BCUT2D eigenvalue weighted by Crippen LogP contribution is 2.39. The molecule has 142 valence electrons. The van der Waals surface area contributed by atoms with Crippen molar-refractivity contribution < 1.29 is 19.2 Å². The zero-order valence-electron chi connectivity index (χ0n) is 15.1. The van der Waals surface area contributed by atoms with Crippen LogP contribution in [-0.2, 0) is 11.2 Å². The van der Waals surface area contributed by atoms with Gasteiger partial charge in [0.25, 0.3) is 5.69 Å². The fourth-order valence-electron chi connectivity index (χ4n) is 3.05. The van der Waals surface area contributed by atoms with Crippen molar-refractivity contribution in [1.29, 1.82) is 0 Å². The first-order chi connectivity index (χ1) is 13.0. The van der Waals surface area contributed by atoms with E-state index in [1.54, 1.807) is 31.3 Å². The number of nitro groups is 1. The number of amides is 1. The van der Waals surface area contributed by atoms with Crippen LogP contribution in [0.5, 0.6) is 11.5 Å². The smallest absolute Gasteiger partial charge is 0.269 e. The number of hydrogen-bond donors (Lipinski definition) is 0. The molecule has 7 nitrogen and oxygen atoms in total. The Bertz CT molecular complexity index is 858. The van der Waals surface area contributed by atoms with Crippen LogP contribution in [0.3, 0.4) is 0 Å². The van der Waals surface area contributed by atoms with Gasteiger partial charge in [0.1, 0.15) is 5.37 Å². The second kappa shape index (κ2) is 8.30. The lowest BCUT2D eigenvalue weighted by molar-refractivity contribution is -0.384. The SMILES string of the molecule is COc1ccc(CCN2C(=O)CS[C@@H]2c2cccc([N+](=O)[O-])c2)cc1OC. The molecule has 1 atom stereocenters. The van der Waals surface area contributed by atoms with Crippen molar-refractivity contribution in [3.63, 3.8) is 0 Å². The van der Waals surface area contributed by atoms with E-state index >= 15 is 0 Å². The average Bonchev–Trinajstić information content (AvgIpc) is 3.06. The summed E-state index contributed by atoms with van der Waals surface area (Å²) in [6.45, 7) is 0.522. The summed E-state index contributed by atoms with van der Waals surface area (Å²) < 4.78 is 10.6. The van der Waals surface area contributed by atoms with Crippen LogP contribution in [0.2, 0.25) is 0 Å². The molecule has 27 heavy (non-hydrogen) atoms. The first-order valence-electron chi connectivity index (χ1n) is 8.40. The van der Waals surface area contributed by atoms with Gasteiger partial charge in [0.05, 0.1) is 24.9 Å². The minimum Gasteiger partial charge on any atom is -0.493 e. The molecular weight excluding hydrogens is 368 g/mol. The molecule has 1 fully saturated rings. The second-order valence-corrected chi connectivity index (χ2v) is 7.11. The van der Waals surface area contributed by atoms with Crippen LogP contribution >= 0.6 is 11.8 Å². The van der Waals surface area contributed by atoms with Gasteiger partial charge < -0.3 is 14.4 Å². The highest BCUT2D eigenvalue weighted by atomic mass is 32.2. The first kappa shape index (κ1) is 19.0. The Hall–Kier alpha value is -2.74. The van der Waals surface area contributed by atoms with Gasteiger partial charge in [-0.15, -0.1) is 11.8 Å². The number of nitro benzene ring substituents is 1. The number of ether oxygens (including phenoxy) is 2. The summed E-state index contributed by atoms with van der Waals surface area (Å²) in [5, 5.41) is 10.8. The number of carbonyl (C=O) groups excluding carboxylic acids is 1. The van der Waals surface area contributed by atoms with Crippen molar-refractivity contribution in [3.05, 3.63) is 63.7 Å². The van der Waals surface area contributed by atoms with E-state index in [2.05, 4.69) is 0 Å². The van der Waals surface area contributed by atoms with E-state index in [0.717, 1.165) is 11.1 Å². The normalized spacial score (nSPS) is 16.4. The summed E-state index contributed by atoms with van der Waals surface area (Å²) in [5.74, 6) is 1.71. The molecular formula is C19H20N2O5S. The minimum atomic E-state index is -0.418. The zero-order valence-corrected chi connectivity index (χ0v) is 15.9. The molecule has 2 aromatic rings. The fraction of sp³-hybridized carbons (Fsp3) is 0.316. The molecule has 0 bridgehead atoms. The van der Waals surface area contributed by atoms with E-state index in [9.17, 15) is 14.9 Å². The molecule has 1 saturated heterocycles. The van der Waals surface area contributed by atoms with Gasteiger partial charge in [-0.25, -0.2) is 0 Å². The van der Waals surface area contributed by atoms with E-state index < -0.39 is 4.92 Å². The summed E-state index contributed by atoms with van der Waals surface area (Å²) in [4.78, 5) is 24.7. The number of benzene rings is 2. The molecule has 1 aliphatic rings. The second-order valence-electron chi connectivity index (χ2n) is 6.04. The van der Waals surface area contributed by atoms with Crippen LogP contribution in [0, 0.1) is 10.1 Å². The molecule has 1 aliphatic heterocycles. The van der Waals surface area contributed by atoms with Gasteiger partial charge in [-0.3, -0.25) is 14.9 Å². The number of non-ortho nitro benzene ring substituents is 1. The van der Waals surface area contributed by atoms with E-state index in [1.807, 2.05) is 24.3 Å². The van der Waals surface area contributed by atoms with E-state index in [4.69, 9.17) is 9.47 Å². The number of hydrogen-bond acceptors (Lipinski definition) is 6. The molecule has 0 spiro atoms. The van der Waals surface area contributed by atoms with E-state index in [-0.39, 0.29) is 17.0 Å². The summed E-state index contributed by atoms with van der Waals surface area (Å²) in [6.07, 6.45) is 0.651. The topological polar surface area (TPSA) is 81.9 Å². The largest absolute Gasteiger partial charge is 0.493 e. The maximum Gasteiger partial charge on any atom is 0.269 e. The van der Waals surface area contributed by atoms with Gasteiger partial charge in [0, 0.05) is 18.7 Å². The Morgan fingerprint density at radius 3 is 2.67 bits per heavy atom. The molecule has 2 aromatic carbocycles. The monoisotopic (exact) mass is 388 g/mol. The lowest BCUT2D eigenvalue weighted by atomic mass is 10.1. The molecule has 3 rings (SSSR count). The van der Waals surface area contributed by atoms with Gasteiger partial charge in [-0.05, 0) is 29.7 Å². The average molecular weight is 388 g/mol. The van der Waals surface area contributed by atoms with Gasteiger partial charge >= 0.3 is 0 Å². The third kappa shape index (κ3) is 4.16. The highest BCUT2D eigenvalue weighted by molar-refractivity contribution is 8.00. The van der Waals surface area contributed by atoms with Crippen LogP contribution in [-0.4, -0.2) is 42.2 Å². The van der Waals surface area contributed by atoms with Gasteiger partial charge in [-0.1, -0.05) is 18.2 Å². The predicted octanol–water partition coefficient (Wildman–Crippen LogP) is 3.43. The van der Waals surface area contributed by atoms with Crippen LogP contribution in [0.25, 0.3) is 0 Å². The van der Waals surface area contributed by atoms with Crippen LogP contribution < -0.4 is 9.47 Å². The first-order valence-corrected chi connectivity index (χ1v) is 9.44. The molecule has 0 aromatic heterocycles. The Labute approximate surface area is 161 Å². The van der Waals surface area contributed by atoms with Crippen molar-refractivity contribution in [3.8, 4) is 11.5 Å². The molecule has 0 N–H and O–H groups in total. The molecule has 8 heteroatoms. The molecule has 0 aliphatic carbocycles. The van der Waals surface area contributed by atoms with Crippen molar-refractivity contribution in [2.24, 2.45) is 0 Å². The summed E-state index contributed by atoms with van der Waals surface area (Å²) >= 11 is 1.49. The standard InChI is InChI=1S/C19H20N2O5S/c1-25-16-7-6-13(10-17(16)26-2)8-9-20-18(22)12-27-19(20)14-4-3-5-15(11-14)21(23)24/h3-7,10-11,19H,8-9,12H2,1-2H3/t19-/m1/s1. The Balaban J connectivity index is 1.76. The third-order valence-corrected chi connectivity index (χ3v) is 5.68. The Morgan fingerprint density at radius 2 is 1.96 bits per heavy atom. The molecule has 0 radical (unpaired) electrons. The summed E-state index contributed by atoms with van der Waals surface area (Å²) in [7, 11) is 3.17. The van der Waals surface area contributed by atoms with Crippen molar-refractivity contribution in [1.82, 2.24) is 4.90 Å². The summed E-state index contributed by atoms with van der Waals surface area (Å²) in [6, 6.07) is 12.2. The van der Waals surface area contributed by atoms with Gasteiger partial charge in [-0.2, -0.15) is 0 Å². The van der Waals surface area contributed by atoms with Crippen molar-refractivity contribution >= 4 is 23.4 Å². The predicted molar refractivity (Wildman–Crippen MR) is 103 cm³/mol. The number of carbonyl (C=O) groups is 1. The minimum absolute atomic E-state index is 0.0345. The highest BCUT2D eigenvalue weighted by Gasteiger charge is 2.33. The van der Waals surface area contributed by atoms with E-state index in [1.165, 1.54) is 17.8 Å². The lowest BCUT2D eigenvalue weighted by Gasteiger charge is -2.24. The van der Waals surface area contributed by atoms with Gasteiger partial charge in [0.15, 0.2) is 11.5 Å². The zero-order chi connectivity index (χ0) is 19.4. The molecule has 1 amide bonds. The van der Waals surface area contributed by atoms with Crippen LogP contribution in [0.1, 0.15) is 16.5 Å². The van der Waals surface area contributed by atoms with E-state index in [0.29, 0.717) is 30.2 Å². The number of thioether (sulfide) groups is 1. The number of methoxy groups -OCH3 is 2. The quantitative estimate of drug-likeness (QED) is 0.534. The summed E-state index contributed by atoms with van der Waals surface area (Å²) in [5.41, 5.74) is 1.83. The molecule has 1 heterocycles. The molecule has 0 unspecified atom stereocenters. The number of nitrogens with zero attached hydrogens (tertiary/aromatic N) is 2. The fourth-order valence-corrected chi connectivity index (χ4v) is 4.26. The van der Waals surface area contributed by atoms with Gasteiger partial charge in [0.2, 0.25) is 5.91 Å². The Kier molecular flexibility index (Phi) is 5.85. The number of rotatable bonds is 7. The molecule has 0 saturated carbocycles. The van der Waals surface area contributed by atoms with Crippen molar-refractivity contribution in [2.45, 2.75) is 11.8 Å². The Morgan fingerprint density at radius 1 is 1.19 bits per heavy atom. The van der Waals surface area contributed by atoms with Crippen molar-refractivity contribution in [2.75, 3.05) is 26.5 Å².